The molecule has 8 nitrogen and oxygen atoms in total. The monoisotopic (exact) mass is 417 g/mol. The van der Waals surface area contributed by atoms with Gasteiger partial charge in [-0.3, -0.25) is 0 Å². The van der Waals surface area contributed by atoms with Crippen LogP contribution in [0.3, 0.4) is 0 Å². The highest BCUT2D eigenvalue weighted by Gasteiger charge is 2.29. The van der Waals surface area contributed by atoms with E-state index >= 15 is 0 Å². The van der Waals surface area contributed by atoms with E-state index in [1.54, 1.807) is 22.5 Å². The normalized spacial score (nSPS) is 18.8. The number of aryl methyl sites for hydroxylation is 2. The van der Waals surface area contributed by atoms with E-state index in [0.717, 1.165) is 36.1 Å². The molecule has 0 atom stereocenters. The van der Waals surface area contributed by atoms with Gasteiger partial charge in [0.1, 0.15) is 5.82 Å². The minimum Gasteiger partial charge on any atom is -0.378 e. The number of hydrogen-bond donors (Lipinski definition) is 0. The van der Waals surface area contributed by atoms with Crippen molar-refractivity contribution in [2.45, 2.75) is 18.7 Å². The van der Waals surface area contributed by atoms with Gasteiger partial charge < -0.3 is 14.5 Å². The highest BCUT2D eigenvalue weighted by molar-refractivity contribution is 7.89. The van der Waals surface area contributed by atoms with Crippen LogP contribution in [0.1, 0.15) is 11.3 Å². The minimum atomic E-state index is -3.47. The predicted molar refractivity (Wildman–Crippen MR) is 112 cm³/mol. The molecule has 156 valence electrons. The van der Waals surface area contributed by atoms with Gasteiger partial charge in [-0.05, 0) is 31.5 Å². The van der Waals surface area contributed by atoms with E-state index in [0.29, 0.717) is 44.3 Å². The number of benzene rings is 1. The minimum absolute atomic E-state index is 0.360. The molecule has 9 heteroatoms. The van der Waals surface area contributed by atoms with Crippen LogP contribution < -0.4 is 9.80 Å². The molecular weight excluding hydrogens is 390 g/mol. The Bertz CT molecular complexity index is 968. The first kappa shape index (κ1) is 20.1. The van der Waals surface area contributed by atoms with E-state index in [4.69, 9.17) is 9.72 Å². The van der Waals surface area contributed by atoms with Crippen LogP contribution in [0.5, 0.6) is 0 Å². The van der Waals surface area contributed by atoms with Crippen molar-refractivity contribution in [1.82, 2.24) is 14.3 Å². The van der Waals surface area contributed by atoms with E-state index in [2.05, 4.69) is 14.8 Å². The van der Waals surface area contributed by atoms with Crippen molar-refractivity contribution in [2.24, 2.45) is 0 Å². The number of hydrogen-bond acceptors (Lipinski definition) is 7. The van der Waals surface area contributed by atoms with Crippen LogP contribution in [0.15, 0.2) is 35.2 Å². The molecule has 0 saturated carbocycles. The van der Waals surface area contributed by atoms with Crippen molar-refractivity contribution >= 4 is 21.8 Å². The van der Waals surface area contributed by atoms with Gasteiger partial charge in [-0.25, -0.2) is 13.4 Å². The number of anilines is 2. The first-order valence-corrected chi connectivity index (χ1v) is 11.4. The first-order chi connectivity index (χ1) is 13.9. The Labute approximate surface area is 172 Å². The summed E-state index contributed by atoms with van der Waals surface area (Å²) in [6.07, 6.45) is 0. The fourth-order valence-corrected chi connectivity index (χ4v) is 5.21. The maximum absolute atomic E-state index is 13.0. The van der Waals surface area contributed by atoms with Crippen LogP contribution in [-0.2, 0) is 14.8 Å². The SMILES string of the molecule is Cc1cccc(S(=O)(=O)N2CCN(c3cc(C)nc(N4CCOCC4)n3)CC2)c1. The lowest BCUT2D eigenvalue weighted by Gasteiger charge is -2.35. The fraction of sp³-hybridized carbons (Fsp3) is 0.500. The summed E-state index contributed by atoms with van der Waals surface area (Å²) >= 11 is 0. The fourth-order valence-electron chi connectivity index (χ4n) is 3.69. The van der Waals surface area contributed by atoms with Crippen LogP contribution in [0, 0.1) is 13.8 Å². The Balaban J connectivity index is 1.47. The van der Waals surface area contributed by atoms with Crippen molar-refractivity contribution < 1.29 is 13.2 Å². The van der Waals surface area contributed by atoms with Crippen LogP contribution in [-0.4, -0.2) is 75.2 Å². The van der Waals surface area contributed by atoms with Crippen molar-refractivity contribution in [1.29, 1.82) is 0 Å². The molecule has 0 amide bonds. The molecule has 4 rings (SSSR count). The van der Waals surface area contributed by atoms with Gasteiger partial charge in [0.2, 0.25) is 16.0 Å². The van der Waals surface area contributed by atoms with E-state index < -0.39 is 10.0 Å². The third-order valence-corrected chi connectivity index (χ3v) is 7.21. The smallest absolute Gasteiger partial charge is 0.243 e. The number of ether oxygens (including phenoxy) is 1. The molecule has 2 saturated heterocycles. The number of rotatable bonds is 4. The lowest BCUT2D eigenvalue weighted by atomic mass is 10.2. The first-order valence-electron chi connectivity index (χ1n) is 9.94. The summed E-state index contributed by atoms with van der Waals surface area (Å²) in [7, 11) is -3.47. The van der Waals surface area contributed by atoms with E-state index in [-0.39, 0.29) is 0 Å². The summed E-state index contributed by atoms with van der Waals surface area (Å²) < 4.78 is 32.9. The molecule has 0 radical (unpaired) electrons. The lowest BCUT2D eigenvalue weighted by Crippen LogP contribution is -2.49. The Kier molecular flexibility index (Phi) is 5.71. The standard InChI is InChI=1S/C20H27N5O3S/c1-16-4-3-5-18(14-16)29(26,27)25-8-6-23(7-9-25)19-15-17(2)21-20(22-19)24-10-12-28-13-11-24/h3-5,14-15H,6-13H2,1-2H3. The van der Waals surface area contributed by atoms with E-state index in [1.165, 1.54) is 0 Å². The molecule has 0 N–H and O–H groups in total. The second-order valence-electron chi connectivity index (χ2n) is 7.47. The zero-order valence-corrected chi connectivity index (χ0v) is 17.7. The van der Waals surface area contributed by atoms with Gasteiger partial charge in [0.15, 0.2) is 0 Å². The maximum atomic E-state index is 13.0. The molecule has 2 aliphatic heterocycles. The molecule has 0 bridgehead atoms. The van der Waals surface area contributed by atoms with Gasteiger partial charge in [0.05, 0.1) is 18.1 Å². The maximum Gasteiger partial charge on any atom is 0.243 e. The predicted octanol–water partition coefficient (Wildman–Crippen LogP) is 1.44. The average Bonchev–Trinajstić information content (AvgIpc) is 2.74. The van der Waals surface area contributed by atoms with Crippen molar-refractivity contribution in [3.8, 4) is 0 Å². The summed E-state index contributed by atoms with van der Waals surface area (Å²) in [5, 5.41) is 0. The Morgan fingerprint density at radius 2 is 1.62 bits per heavy atom. The molecule has 2 aromatic rings. The van der Waals surface area contributed by atoms with Gasteiger partial charge >= 0.3 is 0 Å². The Morgan fingerprint density at radius 3 is 2.31 bits per heavy atom. The number of piperazine rings is 1. The van der Waals surface area contributed by atoms with E-state index in [9.17, 15) is 8.42 Å². The molecule has 1 aromatic heterocycles. The number of aromatic nitrogens is 2. The van der Waals surface area contributed by atoms with Gasteiger partial charge in [0.25, 0.3) is 0 Å². The topological polar surface area (TPSA) is 78.9 Å². The van der Waals surface area contributed by atoms with E-state index in [1.807, 2.05) is 26.0 Å². The number of morpholine rings is 1. The van der Waals surface area contributed by atoms with Crippen LogP contribution in [0.25, 0.3) is 0 Å². The lowest BCUT2D eigenvalue weighted by molar-refractivity contribution is 0.122. The second-order valence-corrected chi connectivity index (χ2v) is 9.41. The molecule has 29 heavy (non-hydrogen) atoms. The summed E-state index contributed by atoms with van der Waals surface area (Å²) in [5.74, 6) is 1.57. The van der Waals surface area contributed by atoms with Crippen molar-refractivity contribution in [3.63, 3.8) is 0 Å². The highest BCUT2D eigenvalue weighted by Crippen LogP contribution is 2.23. The second kappa shape index (κ2) is 8.25. The summed E-state index contributed by atoms with van der Waals surface area (Å²) in [6, 6.07) is 9.05. The van der Waals surface area contributed by atoms with Crippen LogP contribution >= 0.6 is 0 Å². The van der Waals surface area contributed by atoms with Gasteiger partial charge in [-0.2, -0.15) is 9.29 Å². The van der Waals surface area contributed by atoms with Crippen molar-refractivity contribution in [3.05, 3.63) is 41.6 Å². The summed E-state index contributed by atoms with van der Waals surface area (Å²) in [5.41, 5.74) is 1.85. The highest BCUT2D eigenvalue weighted by atomic mass is 32.2. The largest absolute Gasteiger partial charge is 0.378 e. The Hall–Kier alpha value is -2.23. The van der Waals surface area contributed by atoms with Gasteiger partial charge in [-0.15, -0.1) is 0 Å². The third kappa shape index (κ3) is 4.36. The van der Waals surface area contributed by atoms with Crippen LogP contribution in [0.2, 0.25) is 0 Å². The molecule has 3 heterocycles. The number of sulfonamides is 1. The average molecular weight is 418 g/mol. The zero-order chi connectivity index (χ0) is 20.4. The zero-order valence-electron chi connectivity index (χ0n) is 16.9. The summed E-state index contributed by atoms with van der Waals surface area (Å²) in [6.45, 7) is 8.88. The third-order valence-electron chi connectivity index (χ3n) is 5.31. The quantitative estimate of drug-likeness (QED) is 0.745. The van der Waals surface area contributed by atoms with Crippen molar-refractivity contribution in [2.75, 3.05) is 62.3 Å². The Morgan fingerprint density at radius 1 is 0.897 bits per heavy atom. The van der Waals surface area contributed by atoms with Gasteiger partial charge in [-0.1, -0.05) is 12.1 Å². The molecule has 2 aliphatic rings. The molecule has 0 unspecified atom stereocenters. The molecule has 0 spiro atoms. The summed E-state index contributed by atoms with van der Waals surface area (Å²) in [4.78, 5) is 14.0. The molecule has 2 fully saturated rings. The molecule has 1 aromatic carbocycles. The molecule has 0 aliphatic carbocycles. The van der Waals surface area contributed by atoms with Gasteiger partial charge in [0, 0.05) is 51.0 Å². The van der Waals surface area contributed by atoms with Crippen LogP contribution in [0.4, 0.5) is 11.8 Å². The molecular formula is C20H27N5O3S. The number of nitrogens with zero attached hydrogens (tertiary/aromatic N) is 5.